The van der Waals surface area contributed by atoms with Crippen LogP contribution >= 0.6 is 0 Å². The largest absolute Gasteiger partial charge is 0.465 e. The topological polar surface area (TPSA) is 134 Å². The molecule has 0 aliphatic carbocycles. The molecule has 2 rings (SSSR count). The Kier molecular flexibility index (Phi) is 6.17. The van der Waals surface area contributed by atoms with Gasteiger partial charge in [0.15, 0.2) is 0 Å². The van der Waals surface area contributed by atoms with Gasteiger partial charge in [0, 0.05) is 18.1 Å². The van der Waals surface area contributed by atoms with Crippen LogP contribution in [0.5, 0.6) is 0 Å². The Morgan fingerprint density at radius 1 is 1.29 bits per heavy atom. The fourth-order valence-electron chi connectivity index (χ4n) is 3.30. The number of ether oxygens (including phenoxy) is 2. The number of amidine groups is 1. The van der Waals surface area contributed by atoms with Gasteiger partial charge in [-0.25, -0.2) is 9.79 Å². The summed E-state index contributed by atoms with van der Waals surface area (Å²) in [5.41, 5.74) is 5.19. The zero-order valence-electron chi connectivity index (χ0n) is 16.2. The van der Waals surface area contributed by atoms with Crippen LogP contribution in [0.4, 0.5) is 5.69 Å². The molecule has 1 aromatic carbocycles. The van der Waals surface area contributed by atoms with Gasteiger partial charge in [-0.2, -0.15) is 0 Å². The summed E-state index contributed by atoms with van der Waals surface area (Å²) in [6, 6.07) is 5.72. The molecule has 1 aliphatic heterocycles. The molecule has 9 heteroatoms. The van der Waals surface area contributed by atoms with Crippen molar-refractivity contribution in [2.24, 2.45) is 16.1 Å². The van der Waals surface area contributed by atoms with E-state index < -0.39 is 28.2 Å². The number of hydrogen-bond acceptors (Lipinski definition) is 8. The van der Waals surface area contributed by atoms with Crippen molar-refractivity contribution in [3.8, 4) is 0 Å². The predicted molar refractivity (Wildman–Crippen MR) is 102 cm³/mol. The van der Waals surface area contributed by atoms with Gasteiger partial charge in [-0.05, 0) is 33.3 Å². The number of hydrogen-bond donors (Lipinski definition) is 1. The van der Waals surface area contributed by atoms with Crippen LogP contribution < -0.4 is 5.73 Å². The van der Waals surface area contributed by atoms with Gasteiger partial charge in [0.05, 0.1) is 29.4 Å². The molecular formula is C19H23N3O6. The average molecular weight is 389 g/mol. The standard InChI is InChI=1S/C19H23N3O6/c1-5-27-16(23)14-11(3)21-17(20)19(4,18(24)28-6-2)15(14)12-8-7-9-13(10-12)22(25)26/h7-10,15H,5-6H2,1-4H3,(H2,20,21). The van der Waals surface area contributed by atoms with Crippen LogP contribution in [-0.2, 0) is 19.1 Å². The quantitative estimate of drug-likeness (QED) is 0.448. The molecule has 2 N–H and O–H groups in total. The number of esters is 2. The fourth-order valence-corrected chi connectivity index (χ4v) is 3.30. The van der Waals surface area contributed by atoms with Crippen molar-refractivity contribution in [3.63, 3.8) is 0 Å². The van der Waals surface area contributed by atoms with Gasteiger partial charge in [0.1, 0.15) is 11.3 Å². The third kappa shape index (κ3) is 3.60. The maximum absolute atomic E-state index is 12.9. The second kappa shape index (κ2) is 8.20. The molecule has 0 radical (unpaired) electrons. The molecule has 150 valence electrons. The first-order valence-corrected chi connectivity index (χ1v) is 8.82. The van der Waals surface area contributed by atoms with E-state index in [4.69, 9.17) is 15.2 Å². The molecule has 28 heavy (non-hydrogen) atoms. The van der Waals surface area contributed by atoms with Crippen molar-refractivity contribution in [1.29, 1.82) is 0 Å². The summed E-state index contributed by atoms with van der Waals surface area (Å²) in [5, 5.41) is 11.2. The van der Waals surface area contributed by atoms with Gasteiger partial charge >= 0.3 is 11.9 Å². The minimum Gasteiger partial charge on any atom is -0.465 e. The fraction of sp³-hybridized carbons (Fsp3) is 0.421. The lowest BCUT2D eigenvalue weighted by Crippen LogP contribution is -2.50. The number of carbonyl (C=O) groups is 2. The summed E-state index contributed by atoms with van der Waals surface area (Å²) in [7, 11) is 0. The zero-order chi connectivity index (χ0) is 21.1. The minimum absolute atomic E-state index is 0.0343. The number of benzene rings is 1. The third-order valence-corrected chi connectivity index (χ3v) is 4.69. The molecule has 2 unspecified atom stereocenters. The van der Waals surface area contributed by atoms with E-state index in [-0.39, 0.29) is 36.0 Å². The maximum atomic E-state index is 12.9. The average Bonchev–Trinajstić information content (AvgIpc) is 2.64. The highest BCUT2D eigenvalue weighted by Gasteiger charge is 2.53. The zero-order valence-corrected chi connectivity index (χ0v) is 16.2. The molecule has 2 atom stereocenters. The van der Waals surface area contributed by atoms with E-state index >= 15 is 0 Å². The summed E-state index contributed by atoms with van der Waals surface area (Å²) in [6.45, 7) is 6.61. The van der Waals surface area contributed by atoms with Crippen molar-refractivity contribution >= 4 is 23.5 Å². The molecular weight excluding hydrogens is 366 g/mol. The number of nitro benzene ring substituents is 1. The van der Waals surface area contributed by atoms with Gasteiger partial charge in [-0.15, -0.1) is 0 Å². The van der Waals surface area contributed by atoms with Crippen LogP contribution in [0.15, 0.2) is 40.5 Å². The summed E-state index contributed by atoms with van der Waals surface area (Å²) in [5.74, 6) is -2.33. The molecule has 0 saturated carbocycles. The molecule has 0 fully saturated rings. The number of carbonyl (C=O) groups excluding carboxylic acids is 2. The van der Waals surface area contributed by atoms with E-state index in [1.54, 1.807) is 26.8 Å². The first-order chi connectivity index (χ1) is 13.2. The Balaban J connectivity index is 2.78. The van der Waals surface area contributed by atoms with Gasteiger partial charge in [0.2, 0.25) is 0 Å². The second-order valence-electron chi connectivity index (χ2n) is 6.42. The van der Waals surface area contributed by atoms with E-state index in [0.29, 0.717) is 5.56 Å². The first kappa shape index (κ1) is 21.1. The number of aliphatic imine (C=N–C) groups is 1. The summed E-state index contributed by atoms with van der Waals surface area (Å²) in [4.78, 5) is 40.5. The van der Waals surface area contributed by atoms with Crippen molar-refractivity contribution in [3.05, 3.63) is 51.2 Å². The van der Waals surface area contributed by atoms with E-state index in [1.807, 2.05) is 0 Å². The molecule has 1 heterocycles. The summed E-state index contributed by atoms with van der Waals surface area (Å²) < 4.78 is 10.4. The molecule has 0 bridgehead atoms. The molecule has 9 nitrogen and oxygen atoms in total. The highest BCUT2D eigenvalue weighted by atomic mass is 16.6. The molecule has 1 aromatic rings. The lowest BCUT2D eigenvalue weighted by atomic mass is 9.66. The van der Waals surface area contributed by atoms with Gasteiger partial charge < -0.3 is 15.2 Å². The van der Waals surface area contributed by atoms with Gasteiger partial charge in [0.25, 0.3) is 5.69 Å². The molecule has 0 aromatic heterocycles. The van der Waals surface area contributed by atoms with Crippen LogP contribution in [-0.4, -0.2) is 35.9 Å². The Morgan fingerprint density at radius 2 is 1.93 bits per heavy atom. The Hall–Kier alpha value is -3.23. The third-order valence-electron chi connectivity index (χ3n) is 4.69. The van der Waals surface area contributed by atoms with Crippen molar-refractivity contribution < 1.29 is 24.0 Å². The summed E-state index contributed by atoms with van der Waals surface area (Å²) in [6.07, 6.45) is 0. The van der Waals surface area contributed by atoms with E-state index in [1.165, 1.54) is 25.1 Å². The van der Waals surface area contributed by atoms with Crippen LogP contribution in [0.3, 0.4) is 0 Å². The van der Waals surface area contributed by atoms with E-state index in [9.17, 15) is 19.7 Å². The number of nitrogens with two attached hydrogens (primary N) is 1. The van der Waals surface area contributed by atoms with Crippen LogP contribution in [0.1, 0.15) is 39.2 Å². The molecule has 0 spiro atoms. The Morgan fingerprint density at radius 3 is 2.50 bits per heavy atom. The molecule has 0 amide bonds. The SMILES string of the molecule is CCOC(=O)C1=C(C)N=C(N)C(C)(C(=O)OCC)C1c1cccc([N+](=O)[O-])c1. The number of nitro groups is 1. The van der Waals surface area contributed by atoms with Crippen molar-refractivity contribution in [2.75, 3.05) is 13.2 Å². The maximum Gasteiger partial charge on any atom is 0.336 e. The number of rotatable bonds is 6. The number of allylic oxidation sites excluding steroid dienone is 1. The van der Waals surface area contributed by atoms with Crippen LogP contribution in [0.25, 0.3) is 0 Å². The number of non-ortho nitro benzene ring substituents is 1. The smallest absolute Gasteiger partial charge is 0.336 e. The second-order valence-corrected chi connectivity index (χ2v) is 6.42. The van der Waals surface area contributed by atoms with Crippen LogP contribution in [0.2, 0.25) is 0 Å². The molecule has 1 aliphatic rings. The Labute approximate surface area is 162 Å². The van der Waals surface area contributed by atoms with E-state index in [0.717, 1.165) is 0 Å². The van der Waals surface area contributed by atoms with E-state index in [2.05, 4.69) is 4.99 Å². The van der Waals surface area contributed by atoms with Gasteiger partial charge in [-0.1, -0.05) is 12.1 Å². The lowest BCUT2D eigenvalue weighted by molar-refractivity contribution is -0.384. The highest BCUT2D eigenvalue weighted by Crippen LogP contribution is 2.47. The van der Waals surface area contributed by atoms with Crippen LogP contribution in [0, 0.1) is 15.5 Å². The monoisotopic (exact) mass is 389 g/mol. The highest BCUT2D eigenvalue weighted by molar-refractivity contribution is 6.10. The number of nitrogens with zero attached hydrogens (tertiary/aromatic N) is 2. The molecule has 0 saturated heterocycles. The first-order valence-electron chi connectivity index (χ1n) is 8.82. The lowest BCUT2D eigenvalue weighted by Gasteiger charge is -2.39. The van der Waals surface area contributed by atoms with Crippen molar-refractivity contribution in [2.45, 2.75) is 33.6 Å². The predicted octanol–water partition coefficient (Wildman–Crippen LogP) is 2.46. The van der Waals surface area contributed by atoms with Crippen molar-refractivity contribution in [1.82, 2.24) is 0 Å². The minimum atomic E-state index is -1.53. The summed E-state index contributed by atoms with van der Waals surface area (Å²) >= 11 is 0. The Bertz CT molecular complexity index is 876. The normalized spacial score (nSPS) is 21.7. The van der Waals surface area contributed by atoms with Gasteiger partial charge in [-0.3, -0.25) is 14.9 Å².